The molecule has 4 rings (SSSR count). The van der Waals surface area contributed by atoms with Gasteiger partial charge in [-0.1, -0.05) is 30.3 Å². The summed E-state index contributed by atoms with van der Waals surface area (Å²) >= 11 is 1.47. The van der Waals surface area contributed by atoms with Gasteiger partial charge in [-0.25, -0.2) is 9.97 Å². The van der Waals surface area contributed by atoms with Gasteiger partial charge in [0.2, 0.25) is 0 Å². The van der Waals surface area contributed by atoms with E-state index < -0.39 is 0 Å². The first kappa shape index (κ1) is 15.5. The fourth-order valence-electron chi connectivity index (χ4n) is 3.33. The van der Waals surface area contributed by atoms with E-state index in [1.54, 1.807) is 6.33 Å². The molecule has 0 aliphatic carbocycles. The van der Waals surface area contributed by atoms with Crippen molar-refractivity contribution < 1.29 is 0 Å². The molecule has 3 heterocycles. The maximum Gasteiger partial charge on any atom is 0.149 e. The third-order valence-corrected chi connectivity index (χ3v) is 5.60. The summed E-state index contributed by atoms with van der Waals surface area (Å²) in [5, 5.41) is 7.03. The summed E-state index contributed by atoms with van der Waals surface area (Å²) in [5.41, 5.74) is 2.97. The second-order valence-corrected chi connectivity index (χ2v) is 7.09. The van der Waals surface area contributed by atoms with E-state index in [4.69, 9.17) is 0 Å². The number of benzene rings is 1. The van der Waals surface area contributed by atoms with Gasteiger partial charge in [0, 0.05) is 11.6 Å². The molecule has 1 saturated heterocycles. The lowest BCUT2D eigenvalue weighted by Crippen LogP contribution is -2.36. The van der Waals surface area contributed by atoms with Crippen molar-refractivity contribution in [3.63, 3.8) is 0 Å². The van der Waals surface area contributed by atoms with Crippen molar-refractivity contribution in [2.75, 3.05) is 18.4 Å². The topological polar surface area (TPSA) is 62.7 Å². The van der Waals surface area contributed by atoms with Crippen molar-refractivity contribution in [2.24, 2.45) is 5.92 Å². The van der Waals surface area contributed by atoms with Crippen LogP contribution in [0.15, 0.2) is 36.7 Å². The highest BCUT2D eigenvalue weighted by Crippen LogP contribution is 2.33. The molecule has 1 aliphatic rings. The molecular weight excluding hydrogens is 318 g/mol. The van der Waals surface area contributed by atoms with Crippen LogP contribution in [0.5, 0.6) is 0 Å². The number of anilines is 1. The molecule has 124 valence electrons. The fraction of sp³-hybridized carbons (Fsp3) is 0.389. The molecule has 0 spiro atoms. The maximum absolute atomic E-state index is 4.64. The molecule has 0 amide bonds. The summed E-state index contributed by atoms with van der Waals surface area (Å²) in [6.45, 7) is 4.46. The number of fused-ring (bicyclic) bond motifs is 1. The molecule has 3 aromatic rings. The molecular formula is C18H21N5S. The summed E-state index contributed by atoms with van der Waals surface area (Å²) in [6, 6.07) is 10.6. The molecule has 1 aromatic carbocycles. The van der Waals surface area contributed by atoms with Crippen molar-refractivity contribution in [1.29, 1.82) is 0 Å². The first-order valence-electron chi connectivity index (χ1n) is 8.46. The van der Waals surface area contributed by atoms with Crippen molar-refractivity contribution in [3.05, 3.63) is 36.7 Å². The Kier molecular flexibility index (Phi) is 4.40. The molecule has 2 aromatic heterocycles. The molecule has 0 saturated carbocycles. The second-order valence-electron chi connectivity index (χ2n) is 6.32. The van der Waals surface area contributed by atoms with Crippen molar-refractivity contribution in [3.8, 4) is 11.3 Å². The Bertz CT molecular complexity index is 811. The van der Waals surface area contributed by atoms with Gasteiger partial charge in [-0.15, -0.1) is 0 Å². The van der Waals surface area contributed by atoms with E-state index in [2.05, 4.69) is 44.0 Å². The van der Waals surface area contributed by atoms with Crippen LogP contribution >= 0.6 is 11.5 Å². The lowest BCUT2D eigenvalue weighted by molar-refractivity contribution is 0.343. The zero-order valence-corrected chi connectivity index (χ0v) is 14.5. The van der Waals surface area contributed by atoms with Crippen molar-refractivity contribution in [1.82, 2.24) is 19.7 Å². The van der Waals surface area contributed by atoms with Gasteiger partial charge in [-0.2, -0.15) is 4.37 Å². The highest BCUT2D eigenvalue weighted by atomic mass is 32.1. The van der Waals surface area contributed by atoms with Gasteiger partial charge in [0.15, 0.2) is 0 Å². The third kappa shape index (κ3) is 2.99. The minimum Gasteiger partial charge on any atom is -0.366 e. The highest BCUT2D eigenvalue weighted by molar-refractivity contribution is 7.14. The fourth-order valence-corrected chi connectivity index (χ4v) is 4.14. The molecule has 6 heteroatoms. The van der Waals surface area contributed by atoms with Crippen LogP contribution in [0.2, 0.25) is 0 Å². The number of aromatic nitrogens is 3. The summed E-state index contributed by atoms with van der Waals surface area (Å²) in [7, 11) is 0. The van der Waals surface area contributed by atoms with Gasteiger partial charge in [-0.05, 0) is 50.3 Å². The Morgan fingerprint density at radius 3 is 2.75 bits per heavy atom. The monoisotopic (exact) mass is 339 g/mol. The Labute approximate surface area is 145 Å². The van der Waals surface area contributed by atoms with Gasteiger partial charge in [0.1, 0.15) is 28.1 Å². The van der Waals surface area contributed by atoms with Crippen LogP contribution in [0.1, 0.15) is 19.8 Å². The summed E-state index contributed by atoms with van der Waals surface area (Å²) < 4.78 is 5.67. The van der Waals surface area contributed by atoms with Gasteiger partial charge in [-0.3, -0.25) is 0 Å². The van der Waals surface area contributed by atoms with E-state index in [9.17, 15) is 0 Å². The van der Waals surface area contributed by atoms with Gasteiger partial charge >= 0.3 is 0 Å². The van der Waals surface area contributed by atoms with Crippen LogP contribution in [0.3, 0.4) is 0 Å². The van der Waals surface area contributed by atoms with E-state index in [0.717, 1.165) is 40.4 Å². The molecule has 0 bridgehead atoms. The van der Waals surface area contributed by atoms with E-state index >= 15 is 0 Å². The standard InChI is InChI=1S/C18H21N5S/c1-12(13-7-9-19-10-8-13)22-18-17-16(20-11-21-18)15(23-24-17)14-5-3-2-4-6-14/h2-6,11-13,19H,7-10H2,1H3,(H,20,21,22)/t12-/m1/s1. The van der Waals surface area contributed by atoms with E-state index in [0.29, 0.717) is 12.0 Å². The summed E-state index contributed by atoms with van der Waals surface area (Å²) in [6.07, 6.45) is 4.06. The lowest BCUT2D eigenvalue weighted by Gasteiger charge is -2.29. The van der Waals surface area contributed by atoms with E-state index in [-0.39, 0.29) is 0 Å². The molecule has 5 nitrogen and oxygen atoms in total. The van der Waals surface area contributed by atoms with Crippen LogP contribution < -0.4 is 10.6 Å². The number of rotatable bonds is 4. The predicted octanol–water partition coefficient (Wildman–Crippen LogP) is 3.55. The molecule has 1 aliphatic heterocycles. The summed E-state index contributed by atoms with van der Waals surface area (Å²) in [4.78, 5) is 8.97. The predicted molar refractivity (Wildman–Crippen MR) is 99.3 cm³/mol. The lowest BCUT2D eigenvalue weighted by atomic mass is 9.91. The molecule has 1 atom stereocenters. The average molecular weight is 339 g/mol. The zero-order chi connectivity index (χ0) is 16.4. The molecule has 1 fully saturated rings. The minimum absolute atomic E-state index is 0.396. The largest absolute Gasteiger partial charge is 0.366 e. The molecule has 0 unspecified atom stereocenters. The first-order chi connectivity index (χ1) is 11.8. The Hall–Kier alpha value is -2.05. The smallest absolute Gasteiger partial charge is 0.149 e. The van der Waals surface area contributed by atoms with E-state index in [1.165, 1.54) is 24.4 Å². The summed E-state index contributed by atoms with van der Waals surface area (Å²) in [5.74, 6) is 1.59. The van der Waals surface area contributed by atoms with Crippen LogP contribution in [0, 0.1) is 5.92 Å². The number of hydrogen-bond donors (Lipinski definition) is 2. The van der Waals surface area contributed by atoms with Crippen LogP contribution in [-0.2, 0) is 0 Å². The normalized spacial score (nSPS) is 17.0. The van der Waals surface area contributed by atoms with Gasteiger partial charge in [0.05, 0.1) is 0 Å². The molecule has 0 radical (unpaired) electrons. The maximum atomic E-state index is 4.64. The number of nitrogens with zero attached hydrogens (tertiary/aromatic N) is 3. The first-order valence-corrected chi connectivity index (χ1v) is 9.23. The van der Waals surface area contributed by atoms with Crippen LogP contribution in [0.4, 0.5) is 5.82 Å². The highest BCUT2D eigenvalue weighted by Gasteiger charge is 2.21. The average Bonchev–Trinajstić information content (AvgIpc) is 3.08. The Morgan fingerprint density at radius 1 is 1.17 bits per heavy atom. The zero-order valence-electron chi connectivity index (χ0n) is 13.7. The third-order valence-electron chi connectivity index (χ3n) is 4.76. The van der Waals surface area contributed by atoms with Crippen LogP contribution in [-0.4, -0.2) is 33.5 Å². The number of nitrogens with one attached hydrogen (secondary N) is 2. The van der Waals surface area contributed by atoms with Gasteiger partial charge < -0.3 is 10.6 Å². The van der Waals surface area contributed by atoms with Crippen molar-refractivity contribution in [2.45, 2.75) is 25.8 Å². The van der Waals surface area contributed by atoms with Crippen LogP contribution in [0.25, 0.3) is 21.5 Å². The quantitative estimate of drug-likeness (QED) is 0.761. The second kappa shape index (κ2) is 6.83. The van der Waals surface area contributed by atoms with Crippen molar-refractivity contribution >= 4 is 27.6 Å². The number of piperidine rings is 1. The molecule has 24 heavy (non-hydrogen) atoms. The van der Waals surface area contributed by atoms with E-state index in [1.807, 2.05) is 18.2 Å². The number of hydrogen-bond acceptors (Lipinski definition) is 6. The van der Waals surface area contributed by atoms with Gasteiger partial charge in [0.25, 0.3) is 0 Å². The minimum atomic E-state index is 0.396. The Balaban J connectivity index is 1.63. The SMILES string of the molecule is C[C@@H](Nc1ncnc2c(-c3ccccc3)nsc12)C1CCNCC1. The Morgan fingerprint density at radius 2 is 1.96 bits per heavy atom. The molecule has 2 N–H and O–H groups in total.